The van der Waals surface area contributed by atoms with Gasteiger partial charge in [0, 0.05) is 63.4 Å². The van der Waals surface area contributed by atoms with Gasteiger partial charge in [-0.2, -0.15) is 4.73 Å². The lowest BCUT2D eigenvalue weighted by atomic mass is 9.85. The van der Waals surface area contributed by atoms with Gasteiger partial charge in [-0.1, -0.05) is 12.1 Å². The molecule has 0 radical (unpaired) electrons. The van der Waals surface area contributed by atoms with Crippen molar-refractivity contribution in [2.75, 3.05) is 48.0 Å². The fourth-order valence-electron chi connectivity index (χ4n) is 13.2. The fourth-order valence-corrected chi connectivity index (χ4v) is 17.4. The van der Waals surface area contributed by atoms with E-state index in [4.69, 9.17) is 43.4 Å². The summed E-state index contributed by atoms with van der Waals surface area (Å²) < 4.78 is 38.2. The number of aliphatic hydroxyl groups is 7. The Bertz CT molecular complexity index is 4900. The van der Waals surface area contributed by atoms with Crippen LogP contribution in [0.2, 0.25) is 0 Å². The van der Waals surface area contributed by atoms with Crippen molar-refractivity contribution in [1.82, 2.24) is 71.0 Å². The number of aliphatic hydroxyl groups excluding tert-OH is 6. The molecule has 0 aliphatic carbocycles. The smallest absolute Gasteiger partial charge is 0.358 e. The molecule has 6 amide bonds. The summed E-state index contributed by atoms with van der Waals surface area (Å²) in [7, 11) is 6.04. The van der Waals surface area contributed by atoms with Crippen molar-refractivity contribution in [3.05, 3.63) is 112 Å². The summed E-state index contributed by atoms with van der Waals surface area (Å²) in [4.78, 5) is 148. The van der Waals surface area contributed by atoms with Gasteiger partial charge in [-0.15, -0.1) is 56.7 Å². The molecule has 4 aliphatic heterocycles. The normalized spacial score (nSPS) is 24.2. The Morgan fingerprint density at radius 1 is 0.791 bits per heavy atom. The number of likely N-dealkylation sites (N-methyl/N-ethyl adjacent to an activating group) is 2. The van der Waals surface area contributed by atoms with Crippen molar-refractivity contribution in [3.63, 3.8) is 0 Å². The van der Waals surface area contributed by atoms with Crippen molar-refractivity contribution in [3.8, 4) is 38.4 Å². The molecule has 1 aromatic carbocycles. The number of esters is 2. The van der Waals surface area contributed by atoms with Crippen LogP contribution in [0.15, 0.2) is 56.9 Å². The zero-order valence-electron chi connectivity index (χ0n) is 59.8. The monoisotopic (exact) mass is 1620 g/mol. The minimum atomic E-state index is -1.98. The summed E-state index contributed by atoms with van der Waals surface area (Å²) in [6.45, 7) is 3.89. The number of nitrogens with one attached hydrogen (secondary N) is 5. The van der Waals surface area contributed by atoms with Crippen LogP contribution in [0.5, 0.6) is 5.75 Å². The number of nitrogens with zero attached hydrogens (tertiary/aromatic N) is 9. The topological polar surface area (TPSA) is 523 Å². The molecule has 0 unspecified atom stereocenters. The van der Waals surface area contributed by atoms with Gasteiger partial charge in [0.2, 0.25) is 11.8 Å². The fraction of sp³-hybridized carbons (Fsp3) is 0.441. The molecule has 42 heteroatoms. The average Bonchev–Trinajstić information content (AvgIpc) is 1.58. The Balaban J connectivity index is 0.980. The second-order valence-corrected chi connectivity index (χ2v) is 31.1. The van der Waals surface area contributed by atoms with E-state index in [1.54, 1.807) is 45.0 Å². The maximum absolute atomic E-state index is 15.2. The van der Waals surface area contributed by atoms with Crippen LogP contribution in [0.4, 0.5) is 0 Å². The number of aromatic hydroxyl groups is 1. The minimum Gasteiger partial charge on any atom is -0.506 e. The summed E-state index contributed by atoms with van der Waals surface area (Å²) in [6, 6.07) is -0.879. The maximum atomic E-state index is 15.2. The second kappa shape index (κ2) is 32.8. The number of carbonyl (C=O) groups is 8. The van der Waals surface area contributed by atoms with Crippen LogP contribution in [0.3, 0.4) is 0 Å². The number of methoxy groups -OCH3 is 1. The van der Waals surface area contributed by atoms with E-state index in [2.05, 4.69) is 41.5 Å². The third-order valence-corrected chi connectivity index (χ3v) is 23.1. The first kappa shape index (κ1) is 80.1. The number of cyclic esters (lactones) is 2. The van der Waals surface area contributed by atoms with Crippen LogP contribution in [0.1, 0.15) is 132 Å². The van der Waals surface area contributed by atoms with E-state index >= 15 is 19.2 Å². The summed E-state index contributed by atoms with van der Waals surface area (Å²) in [5.41, 5.74) is -3.35. The summed E-state index contributed by atoms with van der Waals surface area (Å²) in [6.07, 6.45) is -15.3. The number of aromatic nitrogens is 7. The molecule has 12 rings (SSSR count). The zero-order chi connectivity index (χ0) is 79.2. The minimum absolute atomic E-state index is 0.00705. The first-order valence-corrected chi connectivity index (χ1v) is 38.2. The Morgan fingerprint density at radius 2 is 1.44 bits per heavy atom. The zero-order valence-corrected chi connectivity index (χ0v) is 63.9. The van der Waals surface area contributed by atoms with E-state index < -0.39 is 183 Å². The van der Waals surface area contributed by atoms with Gasteiger partial charge in [0.15, 0.2) is 18.1 Å². The molecule has 14 N–H and O–H groups in total. The Morgan fingerprint density at radius 3 is 2.14 bits per heavy atom. The molecule has 586 valence electrons. The number of hydrogen-bond donors (Lipinski definition) is 14. The third-order valence-electron chi connectivity index (χ3n) is 18.6. The molecule has 12 bridgehead atoms. The lowest BCUT2D eigenvalue weighted by Crippen LogP contribution is -2.62. The van der Waals surface area contributed by atoms with E-state index in [1.807, 2.05) is 0 Å². The Labute approximate surface area is 644 Å². The highest BCUT2D eigenvalue weighted by Crippen LogP contribution is 2.43. The molecule has 37 nitrogen and oxygen atoms in total. The number of allylic oxidation sites excluding steroid dienone is 1. The summed E-state index contributed by atoms with van der Waals surface area (Å²) in [5, 5.41) is 118. The van der Waals surface area contributed by atoms with Crippen molar-refractivity contribution in [1.29, 1.82) is 0 Å². The van der Waals surface area contributed by atoms with Gasteiger partial charge in [0.1, 0.15) is 150 Å². The van der Waals surface area contributed by atoms with E-state index in [1.165, 1.54) is 74.0 Å². The molecule has 4 aliphatic rings. The molecule has 7 aromatic heterocycles. The molecule has 0 spiro atoms. The van der Waals surface area contributed by atoms with E-state index in [-0.39, 0.29) is 110 Å². The van der Waals surface area contributed by atoms with Crippen molar-refractivity contribution in [2.45, 2.75) is 145 Å². The van der Waals surface area contributed by atoms with Gasteiger partial charge in [0.05, 0.1) is 49.7 Å². The molecular formula is C68H76N14O23S5. The maximum Gasteiger partial charge on any atom is 0.358 e. The first-order valence-electron chi connectivity index (χ1n) is 33.8. The lowest BCUT2D eigenvalue weighted by molar-refractivity contribution is -0.280. The third kappa shape index (κ3) is 16.3. The van der Waals surface area contributed by atoms with Crippen LogP contribution in [0.25, 0.3) is 49.3 Å². The molecule has 1 saturated heterocycles. The van der Waals surface area contributed by atoms with Crippen LogP contribution in [-0.2, 0) is 56.0 Å². The second-order valence-electron chi connectivity index (χ2n) is 26.7. The van der Waals surface area contributed by atoms with Crippen molar-refractivity contribution >= 4 is 121 Å². The molecule has 8 aromatic rings. The number of thiazole rings is 5. The van der Waals surface area contributed by atoms with Gasteiger partial charge < -0.3 is 111 Å². The van der Waals surface area contributed by atoms with E-state index in [0.29, 0.717) is 4.73 Å². The quantitative estimate of drug-likeness (QED) is 0.0389. The van der Waals surface area contributed by atoms with Crippen molar-refractivity contribution < 1.29 is 113 Å². The number of carbonyl (C=O) groups excluding carboxylic acids is 8. The molecule has 110 heavy (non-hydrogen) atoms. The molecule has 1 fully saturated rings. The van der Waals surface area contributed by atoms with Gasteiger partial charge in [0.25, 0.3) is 23.6 Å². The Hall–Kier alpha value is -9.48. The number of rotatable bonds is 15. The van der Waals surface area contributed by atoms with Crippen LogP contribution < -0.4 is 26.6 Å². The van der Waals surface area contributed by atoms with Gasteiger partial charge in [-0.05, 0) is 66.4 Å². The van der Waals surface area contributed by atoms with Crippen LogP contribution in [-0.4, -0.2) is 265 Å². The standard InChI is InChI=1S/C68H76N14O23S5/c1-25(65(95)81(8)15-40(86)50(88)51(89)41(87)16-83)69-55(90)34-22-109-63(74-34)47-39(85)13-30-46(76-47)33-20-107-61(71-33)32-19-103-66(96)49-31-18-101-52(53(105-42-14-68(5,98)54(80(6)7)28(4)104-42)67(97)102-17-29-11-10-12-38(43(29)31)82(49)99)48(64-75-35(23-110-64)56(91)70-32)79-58(93)37-24-108-62(73-37)45(27(3)100-9)78-59(94)44(26(2)84)77-57(92)36-21-106-60(30)72-36/h10-13,20-26,28,32,40-42,44,48,50-54,83-89,98-99H,14-19H2,1-9H3,(H,69,90)(H,70,91)(H,77,92)(H,78,94)(H,79,93)/b45-27+/t25-,26+,28-,32-,40+,41-,42-,44-,48-,50+,51-,52-,53-,54+,68-/m0/s1. The highest BCUT2D eigenvalue weighted by atomic mass is 32.1. The summed E-state index contributed by atoms with van der Waals surface area (Å²) >= 11 is 4.31. The number of ether oxygens (including phenoxy) is 6. The predicted molar refractivity (Wildman–Crippen MR) is 390 cm³/mol. The highest BCUT2D eigenvalue weighted by molar-refractivity contribution is 7.14. The van der Waals surface area contributed by atoms with Crippen molar-refractivity contribution in [2.24, 2.45) is 0 Å². The molecule has 15 atom stereocenters. The predicted octanol–water partition coefficient (Wildman–Crippen LogP) is 1.18. The SMILES string of the molecule is CO/C(C)=C1/NC(=O)[C@H]([C@@H](C)O)NC(=O)c2csc(n2)-c2cc(O)c(-c3nc(C(=O)N[C@@H](C)C(=O)N(C)C[C@@H](O)[C@@H](O)[C@@H](O)[C@@H](O)CO)cs3)nc2-c2csc(n2)[C@@H]2COC(=O)c3c4c5c(cccc5n3O)COC(=O)[C@@H](O[C@H]3C[C@](C)(O)[C@H](N(C)C)[C@H](C)O3)[C@@H](OC4)[C@H](NC(=O)c3csc1n3)c1nc(cs1)C(=O)N2. The van der Waals surface area contributed by atoms with E-state index in [0.717, 1.165) is 61.6 Å². The highest BCUT2D eigenvalue weighted by Gasteiger charge is 2.50. The summed E-state index contributed by atoms with van der Waals surface area (Å²) in [5.74, 6) is -8.32. The van der Waals surface area contributed by atoms with Crippen LogP contribution in [0, 0.1) is 0 Å². The number of benzene rings is 1. The number of pyridine rings is 1. The molecular weight excluding hydrogens is 1540 g/mol. The Kier molecular flexibility index (Phi) is 23.9. The van der Waals surface area contributed by atoms with E-state index in [9.17, 15) is 65.2 Å². The average molecular weight is 1620 g/mol. The first-order chi connectivity index (χ1) is 52.2. The van der Waals surface area contributed by atoms with Gasteiger partial charge in [-0.25, -0.2) is 39.5 Å². The number of hydrogen-bond acceptors (Lipinski definition) is 35. The number of fused-ring (bicyclic) bond motifs is 15. The lowest BCUT2D eigenvalue weighted by Gasteiger charge is -2.48. The van der Waals surface area contributed by atoms with Crippen LogP contribution >= 0.6 is 56.7 Å². The van der Waals surface area contributed by atoms with Gasteiger partial charge >= 0.3 is 11.9 Å². The number of amides is 6. The molecule has 11 heterocycles. The van der Waals surface area contributed by atoms with Gasteiger partial charge in [-0.3, -0.25) is 28.8 Å². The largest absolute Gasteiger partial charge is 0.506 e. The molecule has 0 saturated carbocycles.